The van der Waals surface area contributed by atoms with Crippen LogP contribution >= 0.6 is 0 Å². The van der Waals surface area contributed by atoms with Crippen LogP contribution in [0.3, 0.4) is 0 Å². The summed E-state index contributed by atoms with van der Waals surface area (Å²) in [6.45, 7) is 4.18. The van der Waals surface area contributed by atoms with Crippen LogP contribution in [0, 0.1) is 5.41 Å². The van der Waals surface area contributed by atoms with Gasteiger partial charge >= 0.3 is 0 Å². The molecule has 0 aliphatic heterocycles. The van der Waals surface area contributed by atoms with E-state index in [0.29, 0.717) is 23.6 Å². The Labute approximate surface area is 127 Å². The molecule has 3 aromatic rings. The molecule has 0 unspecified atom stereocenters. The highest BCUT2D eigenvalue weighted by atomic mass is 16.1. The maximum absolute atomic E-state index is 12.3. The highest BCUT2D eigenvalue weighted by Crippen LogP contribution is 2.33. The monoisotopic (exact) mass is 293 g/mol. The maximum Gasteiger partial charge on any atom is 0.252 e. The number of carbonyl (C=O) groups excluding carboxylic acids is 1. The normalized spacial score (nSPS) is 16.7. The van der Waals surface area contributed by atoms with Crippen LogP contribution in [-0.4, -0.2) is 30.3 Å². The van der Waals surface area contributed by atoms with Gasteiger partial charge in [-0.1, -0.05) is 13.8 Å². The molecule has 1 aliphatic rings. The Bertz CT molecular complexity index is 882. The van der Waals surface area contributed by atoms with Crippen molar-refractivity contribution in [1.29, 1.82) is 0 Å². The lowest BCUT2D eigenvalue weighted by Crippen LogP contribution is -2.28. The average molecular weight is 293 g/mol. The lowest BCUT2D eigenvalue weighted by Gasteiger charge is -2.28. The number of ketones is 1. The number of Topliss-reactive ketones (excluding diaryl/α,β-unsaturated/α-hetero) is 1. The van der Waals surface area contributed by atoms with Crippen molar-refractivity contribution in [3.8, 4) is 11.4 Å². The first kappa shape index (κ1) is 13.1. The zero-order valence-corrected chi connectivity index (χ0v) is 12.4. The number of hydrogen-bond acceptors (Lipinski definition) is 5. The van der Waals surface area contributed by atoms with Gasteiger partial charge in [-0.05, 0) is 24.0 Å². The van der Waals surface area contributed by atoms with Crippen molar-refractivity contribution in [2.24, 2.45) is 5.41 Å². The third-order valence-electron chi connectivity index (χ3n) is 3.92. The zero-order chi connectivity index (χ0) is 15.3. The Morgan fingerprint density at radius 2 is 2.09 bits per heavy atom. The van der Waals surface area contributed by atoms with Gasteiger partial charge in [-0.25, -0.2) is 9.50 Å². The lowest BCUT2D eigenvalue weighted by atomic mass is 9.76. The fourth-order valence-corrected chi connectivity index (χ4v) is 2.89. The second kappa shape index (κ2) is 4.43. The molecule has 0 saturated heterocycles. The molecule has 6 nitrogen and oxygen atoms in total. The first-order valence-corrected chi connectivity index (χ1v) is 7.22. The Morgan fingerprint density at radius 3 is 2.86 bits per heavy atom. The smallest absolute Gasteiger partial charge is 0.252 e. The van der Waals surface area contributed by atoms with Crippen LogP contribution in [0.4, 0.5) is 0 Å². The van der Waals surface area contributed by atoms with Crippen molar-refractivity contribution in [1.82, 2.24) is 24.6 Å². The van der Waals surface area contributed by atoms with Gasteiger partial charge in [0.1, 0.15) is 0 Å². The Balaban J connectivity index is 1.87. The molecule has 110 valence electrons. The van der Waals surface area contributed by atoms with Crippen molar-refractivity contribution in [2.75, 3.05) is 0 Å². The van der Waals surface area contributed by atoms with Crippen molar-refractivity contribution in [3.05, 3.63) is 42.0 Å². The molecule has 0 spiro atoms. The Morgan fingerprint density at radius 1 is 1.23 bits per heavy atom. The van der Waals surface area contributed by atoms with E-state index in [0.717, 1.165) is 17.7 Å². The first-order valence-electron chi connectivity index (χ1n) is 7.22. The topological polar surface area (TPSA) is 73.0 Å². The molecule has 0 saturated carbocycles. The van der Waals surface area contributed by atoms with Gasteiger partial charge in [0.25, 0.3) is 5.78 Å². The Hall–Kier alpha value is -2.63. The average Bonchev–Trinajstić information content (AvgIpc) is 2.88. The minimum atomic E-state index is -0.0539. The van der Waals surface area contributed by atoms with E-state index < -0.39 is 0 Å². The molecule has 0 amide bonds. The minimum Gasteiger partial charge on any atom is -0.294 e. The number of rotatable bonds is 1. The van der Waals surface area contributed by atoms with Crippen LogP contribution < -0.4 is 0 Å². The van der Waals surface area contributed by atoms with E-state index in [1.54, 1.807) is 23.1 Å². The molecule has 1 aliphatic carbocycles. The van der Waals surface area contributed by atoms with Gasteiger partial charge in [-0.15, -0.1) is 5.10 Å². The fourth-order valence-electron chi connectivity index (χ4n) is 2.89. The van der Waals surface area contributed by atoms with Crippen LogP contribution in [0.5, 0.6) is 0 Å². The summed E-state index contributed by atoms with van der Waals surface area (Å²) in [5.74, 6) is 1.21. The zero-order valence-electron chi connectivity index (χ0n) is 12.4. The number of pyridine rings is 1. The standard InChI is InChI=1S/C16H15N5O/c1-16(2)6-12-11(13(22)7-16)9-21-15(18-12)19-14(20-21)10-4-3-5-17-8-10/h3-5,8-9H,6-7H2,1-2H3. The third kappa shape index (κ3) is 2.07. The summed E-state index contributed by atoms with van der Waals surface area (Å²) >= 11 is 0. The van der Waals surface area contributed by atoms with Crippen molar-refractivity contribution in [2.45, 2.75) is 26.7 Å². The SMILES string of the molecule is CC1(C)CC(=O)c2cn3nc(-c4cccnc4)nc3nc2C1. The summed E-state index contributed by atoms with van der Waals surface area (Å²) in [5, 5.41) is 4.41. The van der Waals surface area contributed by atoms with Crippen LogP contribution in [-0.2, 0) is 6.42 Å². The summed E-state index contributed by atoms with van der Waals surface area (Å²) < 4.78 is 1.58. The molecule has 0 N–H and O–H groups in total. The highest BCUT2D eigenvalue weighted by Gasteiger charge is 2.32. The second-order valence-corrected chi connectivity index (χ2v) is 6.46. The fraction of sp³-hybridized carbons (Fsp3) is 0.312. The van der Waals surface area contributed by atoms with E-state index in [1.165, 1.54) is 0 Å². The molecule has 0 atom stereocenters. The van der Waals surface area contributed by atoms with Crippen LogP contribution in [0.1, 0.15) is 36.3 Å². The lowest BCUT2D eigenvalue weighted by molar-refractivity contribution is 0.0909. The molecule has 0 aromatic carbocycles. The first-order chi connectivity index (χ1) is 10.5. The maximum atomic E-state index is 12.3. The van der Waals surface area contributed by atoms with Gasteiger partial charge in [0.2, 0.25) is 0 Å². The van der Waals surface area contributed by atoms with E-state index in [2.05, 4.69) is 33.9 Å². The van der Waals surface area contributed by atoms with Gasteiger partial charge < -0.3 is 0 Å². The van der Waals surface area contributed by atoms with Crippen molar-refractivity contribution >= 4 is 11.6 Å². The molecule has 3 heterocycles. The molecule has 4 rings (SSSR count). The second-order valence-electron chi connectivity index (χ2n) is 6.46. The van der Waals surface area contributed by atoms with Gasteiger partial charge in [-0.3, -0.25) is 9.78 Å². The summed E-state index contributed by atoms with van der Waals surface area (Å²) in [5.41, 5.74) is 2.26. The van der Waals surface area contributed by atoms with Gasteiger partial charge in [0, 0.05) is 30.6 Å². The molecule has 0 fully saturated rings. The number of aromatic nitrogens is 5. The molecule has 22 heavy (non-hydrogen) atoms. The number of hydrogen-bond donors (Lipinski definition) is 0. The largest absolute Gasteiger partial charge is 0.294 e. The molecule has 0 bridgehead atoms. The van der Waals surface area contributed by atoms with Crippen LogP contribution in [0.2, 0.25) is 0 Å². The van der Waals surface area contributed by atoms with Crippen molar-refractivity contribution < 1.29 is 4.79 Å². The van der Waals surface area contributed by atoms with Crippen LogP contribution in [0.25, 0.3) is 17.2 Å². The number of nitrogens with zero attached hydrogens (tertiary/aromatic N) is 5. The van der Waals surface area contributed by atoms with E-state index in [-0.39, 0.29) is 11.2 Å². The van der Waals surface area contributed by atoms with Crippen molar-refractivity contribution in [3.63, 3.8) is 0 Å². The quantitative estimate of drug-likeness (QED) is 0.688. The summed E-state index contributed by atoms with van der Waals surface area (Å²) in [6, 6.07) is 3.74. The molecule has 3 aromatic heterocycles. The van der Waals surface area contributed by atoms with Gasteiger partial charge in [0.05, 0.1) is 11.3 Å². The molecular weight excluding hydrogens is 278 g/mol. The molecular formula is C16H15N5O. The number of carbonyl (C=O) groups is 1. The van der Waals surface area contributed by atoms with E-state index in [1.807, 2.05) is 12.1 Å². The summed E-state index contributed by atoms with van der Waals surface area (Å²) in [4.78, 5) is 25.4. The van der Waals surface area contributed by atoms with E-state index in [4.69, 9.17) is 0 Å². The summed E-state index contributed by atoms with van der Waals surface area (Å²) in [7, 11) is 0. The molecule has 0 radical (unpaired) electrons. The molecule has 6 heteroatoms. The van der Waals surface area contributed by atoms with Crippen LogP contribution in [0.15, 0.2) is 30.7 Å². The Kier molecular flexibility index (Phi) is 2.63. The highest BCUT2D eigenvalue weighted by molar-refractivity contribution is 5.98. The predicted octanol–water partition coefficient (Wildman–Crippen LogP) is 2.34. The third-order valence-corrected chi connectivity index (χ3v) is 3.92. The van der Waals surface area contributed by atoms with E-state index in [9.17, 15) is 4.79 Å². The van der Waals surface area contributed by atoms with Gasteiger partial charge in [-0.2, -0.15) is 4.98 Å². The summed E-state index contributed by atoms with van der Waals surface area (Å²) in [6.07, 6.45) is 6.49. The van der Waals surface area contributed by atoms with Gasteiger partial charge in [0.15, 0.2) is 11.6 Å². The number of fused-ring (bicyclic) bond motifs is 2. The van der Waals surface area contributed by atoms with E-state index >= 15 is 0 Å². The minimum absolute atomic E-state index is 0.0539. The predicted molar refractivity (Wildman–Crippen MR) is 80.4 cm³/mol.